The Hall–Kier alpha value is -1.59. The topological polar surface area (TPSA) is 78.9 Å². The summed E-state index contributed by atoms with van der Waals surface area (Å²) in [5, 5.41) is 0. The summed E-state index contributed by atoms with van der Waals surface area (Å²) in [6, 6.07) is 0. The average Bonchev–Trinajstić information content (AvgIpc) is 3.23. The number of ether oxygens (including phenoxy) is 3. The van der Waals surface area contributed by atoms with Crippen LogP contribution in [0, 0.1) is 11.8 Å². The SMILES string of the molecule is CCCCCCCCCCCCCCCCCC(=O)OC[C@H](COC(=O)CCCCCCCCCCCCCC(C)C)OC(=O)CCCCCCCCCCCCCC(C)C. The van der Waals surface area contributed by atoms with Gasteiger partial charge in [0.1, 0.15) is 13.2 Å². The Morgan fingerprint density at radius 2 is 0.541 bits per heavy atom. The predicted octanol–water partition coefficient (Wildman–Crippen LogP) is 17.7. The summed E-state index contributed by atoms with van der Waals surface area (Å²) in [4.78, 5) is 38.0. The molecule has 1 atom stereocenters. The van der Waals surface area contributed by atoms with Crippen molar-refractivity contribution in [1.82, 2.24) is 0 Å². The van der Waals surface area contributed by atoms with Crippen LogP contribution in [0.25, 0.3) is 0 Å². The number of carbonyl (C=O) groups excluding carboxylic acids is 3. The van der Waals surface area contributed by atoms with E-state index in [-0.39, 0.29) is 31.1 Å². The molecule has 0 spiro atoms. The van der Waals surface area contributed by atoms with Crippen LogP contribution in [0.3, 0.4) is 0 Å². The Balaban J connectivity index is 4.31. The molecule has 61 heavy (non-hydrogen) atoms. The van der Waals surface area contributed by atoms with Crippen molar-refractivity contribution in [3.8, 4) is 0 Å². The van der Waals surface area contributed by atoms with Gasteiger partial charge in [-0.1, -0.05) is 266 Å². The van der Waals surface area contributed by atoms with Crippen molar-refractivity contribution in [2.24, 2.45) is 11.8 Å². The number of esters is 3. The van der Waals surface area contributed by atoms with Crippen molar-refractivity contribution in [3.63, 3.8) is 0 Å². The fraction of sp³-hybridized carbons (Fsp3) is 0.945. The molecular weight excluding hydrogens is 757 g/mol. The highest BCUT2D eigenvalue weighted by Gasteiger charge is 2.19. The number of unbranched alkanes of at least 4 members (excludes halogenated alkanes) is 34. The van der Waals surface area contributed by atoms with Crippen LogP contribution in [0.2, 0.25) is 0 Å². The number of rotatable bonds is 49. The second-order valence-corrected chi connectivity index (χ2v) is 19.8. The van der Waals surface area contributed by atoms with Crippen molar-refractivity contribution < 1.29 is 28.6 Å². The van der Waals surface area contributed by atoms with Gasteiger partial charge in [-0.3, -0.25) is 14.4 Å². The molecule has 0 N–H and O–H groups in total. The van der Waals surface area contributed by atoms with Crippen LogP contribution in [0.1, 0.15) is 304 Å². The van der Waals surface area contributed by atoms with Crippen molar-refractivity contribution in [1.29, 1.82) is 0 Å². The van der Waals surface area contributed by atoms with Crippen LogP contribution >= 0.6 is 0 Å². The van der Waals surface area contributed by atoms with E-state index in [0.717, 1.165) is 69.6 Å². The Morgan fingerprint density at radius 1 is 0.311 bits per heavy atom. The third kappa shape index (κ3) is 49.3. The van der Waals surface area contributed by atoms with Gasteiger partial charge in [-0.25, -0.2) is 0 Å². The fourth-order valence-electron chi connectivity index (χ4n) is 8.34. The maximum atomic E-state index is 12.8. The molecule has 0 aliphatic heterocycles. The molecule has 0 rings (SSSR count). The molecule has 0 radical (unpaired) electrons. The maximum absolute atomic E-state index is 12.8. The van der Waals surface area contributed by atoms with Crippen molar-refractivity contribution in [2.45, 2.75) is 310 Å². The highest BCUT2D eigenvalue weighted by molar-refractivity contribution is 5.71. The van der Waals surface area contributed by atoms with Gasteiger partial charge >= 0.3 is 17.9 Å². The lowest BCUT2D eigenvalue weighted by molar-refractivity contribution is -0.167. The number of carbonyl (C=O) groups is 3. The van der Waals surface area contributed by atoms with E-state index in [1.54, 1.807) is 0 Å². The standard InChI is InChI=1S/C55H106O6/c1-6-7-8-9-10-11-12-13-14-15-20-25-30-35-40-45-53(56)59-48-52(61-55(58)47-42-37-32-27-22-17-19-24-29-34-39-44-51(4)5)49-60-54(57)46-41-36-31-26-21-16-18-23-28-33-38-43-50(2)3/h50-52H,6-49H2,1-5H3/t52-/m1/s1. The van der Waals surface area contributed by atoms with E-state index in [9.17, 15) is 14.4 Å². The van der Waals surface area contributed by atoms with Crippen LogP contribution in [-0.2, 0) is 28.6 Å². The van der Waals surface area contributed by atoms with Crippen LogP contribution in [0.5, 0.6) is 0 Å². The number of hydrogen-bond donors (Lipinski definition) is 0. The zero-order chi connectivity index (χ0) is 44.7. The minimum absolute atomic E-state index is 0.0632. The van der Waals surface area contributed by atoms with E-state index >= 15 is 0 Å². The van der Waals surface area contributed by atoms with Gasteiger partial charge in [0.2, 0.25) is 0 Å². The summed E-state index contributed by atoms with van der Waals surface area (Å²) < 4.78 is 16.8. The minimum atomic E-state index is -0.762. The van der Waals surface area contributed by atoms with Crippen LogP contribution in [-0.4, -0.2) is 37.2 Å². The Labute approximate surface area is 380 Å². The first-order chi connectivity index (χ1) is 29.7. The average molecular weight is 863 g/mol. The van der Waals surface area contributed by atoms with E-state index in [4.69, 9.17) is 14.2 Å². The highest BCUT2D eigenvalue weighted by Crippen LogP contribution is 2.18. The minimum Gasteiger partial charge on any atom is -0.462 e. The molecule has 362 valence electrons. The zero-order valence-corrected chi connectivity index (χ0v) is 41.8. The third-order valence-electron chi connectivity index (χ3n) is 12.5. The summed E-state index contributed by atoms with van der Waals surface area (Å²) in [5.74, 6) is 0.808. The second kappa shape index (κ2) is 47.9. The molecule has 0 saturated heterocycles. The van der Waals surface area contributed by atoms with Crippen molar-refractivity contribution in [3.05, 3.63) is 0 Å². The molecule has 6 nitrogen and oxygen atoms in total. The molecule has 0 amide bonds. The molecule has 0 fully saturated rings. The lowest BCUT2D eigenvalue weighted by Crippen LogP contribution is -2.30. The van der Waals surface area contributed by atoms with Gasteiger partial charge in [0.15, 0.2) is 6.10 Å². The third-order valence-corrected chi connectivity index (χ3v) is 12.5. The first-order valence-corrected chi connectivity index (χ1v) is 27.2. The lowest BCUT2D eigenvalue weighted by Gasteiger charge is -2.18. The molecule has 0 unspecified atom stereocenters. The van der Waals surface area contributed by atoms with Gasteiger partial charge in [-0.15, -0.1) is 0 Å². The summed E-state index contributed by atoms with van der Waals surface area (Å²) >= 11 is 0. The van der Waals surface area contributed by atoms with Crippen LogP contribution in [0.15, 0.2) is 0 Å². The van der Waals surface area contributed by atoms with Gasteiger partial charge < -0.3 is 14.2 Å². The summed E-state index contributed by atoms with van der Waals surface area (Å²) in [7, 11) is 0. The Bertz CT molecular complexity index is 931. The van der Waals surface area contributed by atoms with Gasteiger partial charge in [-0.05, 0) is 31.1 Å². The molecule has 0 bridgehead atoms. The van der Waals surface area contributed by atoms with Gasteiger partial charge in [0.25, 0.3) is 0 Å². The number of hydrogen-bond acceptors (Lipinski definition) is 6. The van der Waals surface area contributed by atoms with Gasteiger partial charge in [-0.2, -0.15) is 0 Å². The fourth-order valence-corrected chi connectivity index (χ4v) is 8.34. The van der Waals surface area contributed by atoms with E-state index in [2.05, 4.69) is 34.6 Å². The quantitative estimate of drug-likeness (QED) is 0.0344. The molecule has 0 aliphatic rings. The molecule has 0 aromatic carbocycles. The molecule has 0 heterocycles. The lowest BCUT2D eigenvalue weighted by atomic mass is 10.0. The van der Waals surface area contributed by atoms with E-state index < -0.39 is 6.10 Å². The second-order valence-electron chi connectivity index (χ2n) is 19.8. The smallest absolute Gasteiger partial charge is 0.306 e. The van der Waals surface area contributed by atoms with Crippen molar-refractivity contribution >= 4 is 17.9 Å². The van der Waals surface area contributed by atoms with Crippen LogP contribution in [0.4, 0.5) is 0 Å². The van der Waals surface area contributed by atoms with Gasteiger partial charge in [0.05, 0.1) is 0 Å². The molecule has 0 saturated carbocycles. The summed E-state index contributed by atoms with van der Waals surface area (Å²) in [6.07, 6.45) is 49.4. The predicted molar refractivity (Wildman–Crippen MR) is 261 cm³/mol. The monoisotopic (exact) mass is 863 g/mol. The Kier molecular flexibility index (Phi) is 46.6. The van der Waals surface area contributed by atoms with Crippen LogP contribution < -0.4 is 0 Å². The Morgan fingerprint density at radius 3 is 0.803 bits per heavy atom. The molecular formula is C55H106O6. The van der Waals surface area contributed by atoms with E-state index in [0.29, 0.717) is 19.3 Å². The van der Waals surface area contributed by atoms with Gasteiger partial charge in [0, 0.05) is 19.3 Å². The molecule has 0 aromatic heterocycles. The first-order valence-electron chi connectivity index (χ1n) is 27.2. The van der Waals surface area contributed by atoms with E-state index in [1.807, 2.05) is 0 Å². The summed E-state index contributed by atoms with van der Waals surface area (Å²) in [6.45, 7) is 11.4. The molecule has 6 heteroatoms. The normalized spacial score (nSPS) is 12.0. The van der Waals surface area contributed by atoms with Crippen molar-refractivity contribution in [2.75, 3.05) is 13.2 Å². The summed E-state index contributed by atoms with van der Waals surface area (Å²) in [5.41, 5.74) is 0. The molecule has 0 aromatic rings. The largest absolute Gasteiger partial charge is 0.462 e. The highest BCUT2D eigenvalue weighted by atomic mass is 16.6. The maximum Gasteiger partial charge on any atom is 0.306 e. The zero-order valence-electron chi connectivity index (χ0n) is 41.8. The molecule has 0 aliphatic carbocycles. The first kappa shape index (κ1) is 59.4. The van der Waals surface area contributed by atoms with E-state index in [1.165, 1.54) is 193 Å².